The molecule has 0 radical (unpaired) electrons. The van der Waals surface area contributed by atoms with Gasteiger partial charge in [-0.05, 0) is 44.0 Å². The Morgan fingerprint density at radius 1 is 1.08 bits per heavy atom. The van der Waals surface area contributed by atoms with Crippen molar-refractivity contribution in [2.45, 2.75) is 39.5 Å². The zero-order valence-electron chi connectivity index (χ0n) is 15.0. The topological polar surface area (TPSA) is 76.7 Å². The number of nitrogens with two attached hydrogens (primary N) is 1. The van der Waals surface area contributed by atoms with E-state index in [-0.39, 0.29) is 18.1 Å². The number of rotatable bonds is 5. The summed E-state index contributed by atoms with van der Waals surface area (Å²) >= 11 is 0. The summed E-state index contributed by atoms with van der Waals surface area (Å²) in [5, 5.41) is 3.10. The van der Waals surface area contributed by atoms with Crippen LogP contribution in [0.5, 0.6) is 0 Å². The summed E-state index contributed by atoms with van der Waals surface area (Å²) < 4.78 is 5.35. The maximum Gasteiger partial charge on any atom is 0.338 e. The van der Waals surface area contributed by atoms with Crippen molar-refractivity contribution in [1.29, 1.82) is 0 Å². The molecule has 0 aliphatic rings. The summed E-state index contributed by atoms with van der Waals surface area (Å²) in [6, 6.07) is 16.8. The van der Waals surface area contributed by atoms with Crippen molar-refractivity contribution < 1.29 is 9.53 Å². The minimum atomic E-state index is -0.351. The predicted molar refractivity (Wildman–Crippen MR) is 100 cm³/mol. The van der Waals surface area contributed by atoms with Crippen molar-refractivity contribution in [2.75, 3.05) is 0 Å². The molecule has 3 N–H and O–H groups in total. The highest BCUT2D eigenvalue weighted by molar-refractivity contribution is 5.89. The highest BCUT2D eigenvalue weighted by atomic mass is 16.5. The molecule has 25 heavy (non-hydrogen) atoms. The number of guanidine groups is 1. The van der Waals surface area contributed by atoms with E-state index in [4.69, 9.17) is 10.5 Å². The second kappa shape index (κ2) is 8.33. The molecule has 0 saturated heterocycles. The summed E-state index contributed by atoms with van der Waals surface area (Å²) in [6.07, 6.45) is 0. The molecule has 2 aromatic carbocycles. The Morgan fingerprint density at radius 3 is 2.44 bits per heavy atom. The number of ether oxygens (including phenoxy) is 1. The first kappa shape index (κ1) is 18.5. The normalized spacial score (nSPS) is 11.9. The number of nitrogens with one attached hydrogen (secondary N) is 1. The molecule has 0 bridgehead atoms. The van der Waals surface area contributed by atoms with Crippen molar-refractivity contribution in [3.05, 3.63) is 71.3 Å². The summed E-state index contributed by atoms with van der Waals surface area (Å²) in [7, 11) is 0. The van der Waals surface area contributed by atoms with Gasteiger partial charge in [0.15, 0.2) is 5.96 Å². The number of nitrogens with zero attached hydrogens (tertiary/aromatic N) is 1. The van der Waals surface area contributed by atoms with Crippen molar-refractivity contribution in [3.8, 4) is 0 Å². The maximum absolute atomic E-state index is 12.2. The molecular formula is C20H25N3O2. The van der Waals surface area contributed by atoms with Crippen LogP contribution in [0, 0.1) is 0 Å². The molecule has 2 aromatic rings. The molecular weight excluding hydrogens is 314 g/mol. The summed E-state index contributed by atoms with van der Waals surface area (Å²) in [5.74, 6) is 0.0278. The van der Waals surface area contributed by atoms with Crippen LogP contribution in [0.25, 0.3) is 0 Å². The van der Waals surface area contributed by atoms with Crippen LogP contribution in [0.1, 0.15) is 42.3 Å². The van der Waals surface area contributed by atoms with E-state index in [0.29, 0.717) is 18.1 Å². The Morgan fingerprint density at radius 2 is 1.76 bits per heavy atom. The van der Waals surface area contributed by atoms with Crippen molar-refractivity contribution in [2.24, 2.45) is 10.7 Å². The monoisotopic (exact) mass is 339 g/mol. The molecule has 5 nitrogen and oxygen atoms in total. The molecule has 2 rings (SSSR count). The lowest BCUT2D eigenvalue weighted by atomic mass is 10.1. The number of hydrogen-bond acceptors (Lipinski definition) is 3. The summed E-state index contributed by atoms with van der Waals surface area (Å²) in [5.41, 5.74) is 8.08. The average Bonchev–Trinajstić information content (AvgIpc) is 2.57. The third-order valence-corrected chi connectivity index (χ3v) is 3.31. The van der Waals surface area contributed by atoms with Gasteiger partial charge in [0, 0.05) is 5.54 Å². The second-order valence-electron chi connectivity index (χ2n) is 6.84. The first-order chi connectivity index (χ1) is 11.8. The lowest BCUT2D eigenvalue weighted by Crippen LogP contribution is -2.44. The maximum atomic E-state index is 12.2. The number of benzene rings is 2. The van der Waals surface area contributed by atoms with E-state index < -0.39 is 0 Å². The van der Waals surface area contributed by atoms with Gasteiger partial charge in [-0.25, -0.2) is 9.79 Å². The molecule has 0 atom stereocenters. The molecule has 0 heterocycles. The number of carbonyl (C=O) groups is 1. The fourth-order valence-electron chi connectivity index (χ4n) is 2.20. The molecule has 132 valence electrons. The van der Waals surface area contributed by atoms with Gasteiger partial charge in [0.2, 0.25) is 0 Å². The third-order valence-electron chi connectivity index (χ3n) is 3.31. The van der Waals surface area contributed by atoms with E-state index in [1.165, 1.54) is 0 Å². The highest BCUT2D eigenvalue weighted by Crippen LogP contribution is 2.10. The Bertz CT molecular complexity index is 734. The molecule has 0 unspecified atom stereocenters. The molecule has 0 spiro atoms. The van der Waals surface area contributed by atoms with E-state index in [9.17, 15) is 4.79 Å². The molecule has 5 heteroatoms. The van der Waals surface area contributed by atoms with Gasteiger partial charge in [-0.2, -0.15) is 0 Å². The highest BCUT2D eigenvalue weighted by Gasteiger charge is 2.10. The Balaban J connectivity index is 1.96. The number of carbonyl (C=O) groups excluding carboxylic acids is 1. The van der Waals surface area contributed by atoms with Gasteiger partial charge in [0.05, 0.1) is 12.1 Å². The Kier molecular flexibility index (Phi) is 6.17. The fourth-order valence-corrected chi connectivity index (χ4v) is 2.20. The zero-order valence-corrected chi connectivity index (χ0v) is 15.0. The molecule has 0 amide bonds. The average molecular weight is 339 g/mol. The lowest BCUT2D eigenvalue weighted by Gasteiger charge is -2.21. The van der Waals surface area contributed by atoms with Gasteiger partial charge in [-0.1, -0.05) is 42.5 Å². The van der Waals surface area contributed by atoms with Crippen molar-refractivity contribution in [1.82, 2.24) is 5.32 Å². The smallest absolute Gasteiger partial charge is 0.338 e. The van der Waals surface area contributed by atoms with Gasteiger partial charge in [-0.15, -0.1) is 0 Å². The minimum absolute atomic E-state index is 0.142. The second-order valence-corrected chi connectivity index (χ2v) is 6.84. The zero-order chi connectivity index (χ0) is 18.3. The number of aliphatic imine (C=N–C) groups is 1. The summed E-state index contributed by atoms with van der Waals surface area (Å²) in [6.45, 7) is 6.69. The van der Waals surface area contributed by atoms with Crippen LogP contribution >= 0.6 is 0 Å². The summed E-state index contributed by atoms with van der Waals surface area (Å²) in [4.78, 5) is 16.5. The van der Waals surface area contributed by atoms with E-state index in [2.05, 4.69) is 10.3 Å². The largest absolute Gasteiger partial charge is 0.457 e. The van der Waals surface area contributed by atoms with Crippen molar-refractivity contribution >= 4 is 11.9 Å². The van der Waals surface area contributed by atoms with Crippen LogP contribution in [-0.4, -0.2) is 17.5 Å². The van der Waals surface area contributed by atoms with Crippen LogP contribution in [0.15, 0.2) is 59.6 Å². The SMILES string of the molecule is CC(C)(C)NC(N)=NCc1cccc(C(=O)OCc2ccccc2)c1. The quantitative estimate of drug-likeness (QED) is 0.498. The Hall–Kier alpha value is -2.82. The van der Waals surface area contributed by atoms with E-state index in [0.717, 1.165) is 11.1 Å². The number of hydrogen-bond donors (Lipinski definition) is 2. The molecule has 0 saturated carbocycles. The van der Waals surface area contributed by atoms with Gasteiger partial charge in [0.25, 0.3) is 0 Å². The van der Waals surface area contributed by atoms with Crippen molar-refractivity contribution in [3.63, 3.8) is 0 Å². The molecule has 0 aliphatic heterocycles. The van der Waals surface area contributed by atoms with Gasteiger partial charge in [0.1, 0.15) is 6.61 Å². The standard InChI is InChI=1S/C20H25N3O2/c1-20(2,3)23-19(21)22-13-16-10-7-11-17(12-16)18(24)25-14-15-8-5-4-6-9-15/h4-12H,13-14H2,1-3H3,(H3,21,22,23). The molecule has 0 fully saturated rings. The fraction of sp³-hybridized carbons (Fsp3) is 0.300. The minimum Gasteiger partial charge on any atom is -0.457 e. The number of esters is 1. The molecule has 0 aliphatic carbocycles. The van der Waals surface area contributed by atoms with Gasteiger partial charge >= 0.3 is 5.97 Å². The van der Waals surface area contributed by atoms with E-state index in [1.54, 1.807) is 12.1 Å². The van der Waals surface area contributed by atoms with Crippen LogP contribution in [0.3, 0.4) is 0 Å². The first-order valence-corrected chi connectivity index (χ1v) is 8.21. The van der Waals surface area contributed by atoms with Crippen LogP contribution < -0.4 is 11.1 Å². The molecule has 0 aromatic heterocycles. The first-order valence-electron chi connectivity index (χ1n) is 8.21. The predicted octanol–water partition coefficient (Wildman–Crippen LogP) is 3.25. The van der Waals surface area contributed by atoms with Crippen LogP contribution in [0.2, 0.25) is 0 Å². The lowest BCUT2D eigenvalue weighted by molar-refractivity contribution is 0.0472. The van der Waals surface area contributed by atoms with Crippen LogP contribution in [0.4, 0.5) is 0 Å². The van der Waals surface area contributed by atoms with E-state index >= 15 is 0 Å². The van der Waals surface area contributed by atoms with Crippen LogP contribution in [-0.2, 0) is 17.9 Å². The Labute approximate surface area is 148 Å². The van der Waals surface area contributed by atoms with Gasteiger partial charge < -0.3 is 15.8 Å². The van der Waals surface area contributed by atoms with Gasteiger partial charge in [-0.3, -0.25) is 0 Å². The van der Waals surface area contributed by atoms with E-state index in [1.807, 2.05) is 63.2 Å². The third kappa shape index (κ3) is 6.67.